The Balaban J connectivity index is 2.86. The van der Waals surface area contributed by atoms with Crippen LogP contribution >= 0.6 is 0 Å². The summed E-state index contributed by atoms with van der Waals surface area (Å²) in [5, 5.41) is 3.42. The summed E-state index contributed by atoms with van der Waals surface area (Å²) in [6, 6.07) is 2.07. The molecule has 0 fully saturated rings. The van der Waals surface area contributed by atoms with E-state index in [1.807, 2.05) is 6.92 Å². The maximum atomic E-state index is 5.90. The van der Waals surface area contributed by atoms with Gasteiger partial charge in [-0.15, -0.1) is 0 Å². The molecule has 0 aliphatic heterocycles. The predicted molar refractivity (Wildman–Crippen MR) is 64.7 cm³/mol. The molecule has 3 nitrogen and oxygen atoms in total. The summed E-state index contributed by atoms with van der Waals surface area (Å²) in [5.41, 5.74) is 9.29. The van der Waals surface area contributed by atoms with Crippen LogP contribution in [0.4, 0.5) is 5.82 Å². The minimum atomic E-state index is 0.101. The van der Waals surface area contributed by atoms with Gasteiger partial charge in [-0.05, 0) is 46.2 Å². The van der Waals surface area contributed by atoms with Crippen molar-refractivity contribution in [3.05, 3.63) is 22.9 Å². The zero-order chi connectivity index (χ0) is 11.6. The molecule has 0 saturated heterocycles. The number of nitrogens with zero attached hydrogens (tertiary/aromatic N) is 1. The Labute approximate surface area is 92.1 Å². The van der Waals surface area contributed by atoms with Crippen LogP contribution in [0.25, 0.3) is 0 Å². The molecule has 0 radical (unpaired) electrons. The van der Waals surface area contributed by atoms with E-state index in [1.165, 1.54) is 5.56 Å². The molecule has 0 spiro atoms. The molecule has 1 rings (SSSR count). The highest BCUT2D eigenvalue weighted by molar-refractivity contribution is 5.45. The monoisotopic (exact) mass is 207 g/mol. The van der Waals surface area contributed by atoms with E-state index in [0.29, 0.717) is 5.82 Å². The number of pyridine rings is 1. The first-order chi connectivity index (χ1) is 6.79. The smallest absolute Gasteiger partial charge is 0.128 e. The van der Waals surface area contributed by atoms with Gasteiger partial charge in [-0.3, -0.25) is 0 Å². The summed E-state index contributed by atoms with van der Waals surface area (Å²) in [7, 11) is 0. The van der Waals surface area contributed by atoms with Gasteiger partial charge in [0.2, 0.25) is 0 Å². The highest BCUT2D eigenvalue weighted by Crippen LogP contribution is 2.16. The van der Waals surface area contributed by atoms with Crippen molar-refractivity contribution in [1.29, 1.82) is 0 Å². The van der Waals surface area contributed by atoms with Gasteiger partial charge in [0.1, 0.15) is 5.82 Å². The standard InChI is InChI=1S/C12H21N3/c1-8-6-9(2)15-11(13)10(8)7-14-12(3,4)5/h6,14H,7H2,1-5H3,(H2,13,15). The third-order valence-corrected chi connectivity index (χ3v) is 2.30. The van der Waals surface area contributed by atoms with Gasteiger partial charge in [0.05, 0.1) is 0 Å². The Morgan fingerprint density at radius 2 is 1.93 bits per heavy atom. The molecule has 1 heterocycles. The molecular weight excluding hydrogens is 186 g/mol. The van der Waals surface area contributed by atoms with Crippen LogP contribution in [0.1, 0.15) is 37.6 Å². The molecule has 0 aliphatic carbocycles. The van der Waals surface area contributed by atoms with Gasteiger partial charge in [0, 0.05) is 23.3 Å². The van der Waals surface area contributed by atoms with Crippen LogP contribution in [-0.4, -0.2) is 10.5 Å². The van der Waals surface area contributed by atoms with Crippen LogP contribution in [0.15, 0.2) is 6.07 Å². The summed E-state index contributed by atoms with van der Waals surface area (Å²) >= 11 is 0. The number of hydrogen-bond acceptors (Lipinski definition) is 3. The average Bonchev–Trinajstić information content (AvgIpc) is 1.99. The van der Waals surface area contributed by atoms with Crippen LogP contribution in [0.3, 0.4) is 0 Å². The Hall–Kier alpha value is -1.09. The van der Waals surface area contributed by atoms with Crippen LogP contribution in [0.5, 0.6) is 0 Å². The average molecular weight is 207 g/mol. The number of nitrogens with one attached hydrogen (secondary N) is 1. The van der Waals surface area contributed by atoms with E-state index in [1.54, 1.807) is 0 Å². The fraction of sp³-hybridized carbons (Fsp3) is 0.583. The van der Waals surface area contributed by atoms with Crippen molar-refractivity contribution in [3.8, 4) is 0 Å². The summed E-state index contributed by atoms with van der Waals surface area (Å²) in [6.07, 6.45) is 0. The lowest BCUT2D eigenvalue weighted by Crippen LogP contribution is -2.35. The second-order valence-corrected chi connectivity index (χ2v) is 5.05. The summed E-state index contributed by atoms with van der Waals surface area (Å²) < 4.78 is 0. The quantitative estimate of drug-likeness (QED) is 0.781. The van der Waals surface area contributed by atoms with Crippen LogP contribution in [-0.2, 0) is 6.54 Å². The van der Waals surface area contributed by atoms with E-state index in [0.717, 1.165) is 17.8 Å². The fourth-order valence-electron chi connectivity index (χ4n) is 1.48. The molecule has 0 aromatic carbocycles. The molecular formula is C12H21N3. The number of aryl methyl sites for hydroxylation is 2. The topological polar surface area (TPSA) is 50.9 Å². The number of nitrogen functional groups attached to an aromatic ring is 1. The predicted octanol–water partition coefficient (Wildman–Crippen LogP) is 2.17. The molecule has 0 unspecified atom stereocenters. The molecule has 3 heteroatoms. The van der Waals surface area contributed by atoms with Crippen molar-refractivity contribution in [2.45, 2.75) is 46.7 Å². The van der Waals surface area contributed by atoms with Gasteiger partial charge in [-0.1, -0.05) is 0 Å². The Bertz CT molecular complexity index is 327. The normalized spacial score (nSPS) is 11.8. The van der Waals surface area contributed by atoms with Crippen molar-refractivity contribution in [2.24, 2.45) is 0 Å². The molecule has 0 bridgehead atoms. The number of anilines is 1. The van der Waals surface area contributed by atoms with E-state index in [2.05, 4.69) is 44.1 Å². The van der Waals surface area contributed by atoms with Crippen molar-refractivity contribution in [3.63, 3.8) is 0 Å². The Morgan fingerprint density at radius 3 is 2.40 bits per heavy atom. The lowest BCUT2D eigenvalue weighted by Gasteiger charge is -2.21. The number of aromatic nitrogens is 1. The lowest BCUT2D eigenvalue weighted by atomic mass is 10.1. The van der Waals surface area contributed by atoms with Gasteiger partial charge in [-0.2, -0.15) is 0 Å². The van der Waals surface area contributed by atoms with Gasteiger partial charge in [-0.25, -0.2) is 4.98 Å². The fourth-order valence-corrected chi connectivity index (χ4v) is 1.48. The maximum absolute atomic E-state index is 5.90. The molecule has 84 valence electrons. The third-order valence-electron chi connectivity index (χ3n) is 2.30. The first kappa shape index (κ1) is 12.0. The van der Waals surface area contributed by atoms with Crippen LogP contribution in [0.2, 0.25) is 0 Å². The Kier molecular flexibility index (Phi) is 3.35. The third kappa shape index (κ3) is 3.51. The second kappa shape index (κ2) is 4.19. The van der Waals surface area contributed by atoms with Crippen molar-refractivity contribution < 1.29 is 0 Å². The first-order valence-electron chi connectivity index (χ1n) is 5.27. The zero-order valence-corrected chi connectivity index (χ0v) is 10.3. The molecule has 1 aromatic heterocycles. The van der Waals surface area contributed by atoms with Gasteiger partial charge in [0.25, 0.3) is 0 Å². The lowest BCUT2D eigenvalue weighted by molar-refractivity contribution is 0.424. The maximum Gasteiger partial charge on any atom is 0.128 e. The molecule has 15 heavy (non-hydrogen) atoms. The Morgan fingerprint density at radius 1 is 1.33 bits per heavy atom. The van der Waals surface area contributed by atoms with Gasteiger partial charge in [0.15, 0.2) is 0 Å². The van der Waals surface area contributed by atoms with E-state index in [4.69, 9.17) is 5.73 Å². The summed E-state index contributed by atoms with van der Waals surface area (Å²) in [4.78, 5) is 4.27. The molecule has 1 aromatic rings. The van der Waals surface area contributed by atoms with E-state index < -0.39 is 0 Å². The van der Waals surface area contributed by atoms with Crippen LogP contribution < -0.4 is 11.1 Å². The minimum absolute atomic E-state index is 0.101. The molecule has 0 saturated carbocycles. The first-order valence-corrected chi connectivity index (χ1v) is 5.27. The van der Waals surface area contributed by atoms with Gasteiger partial charge >= 0.3 is 0 Å². The zero-order valence-electron chi connectivity index (χ0n) is 10.3. The number of nitrogens with two attached hydrogens (primary N) is 1. The van der Waals surface area contributed by atoms with Gasteiger partial charge < -0.3 is 11.1 Å². The highest BCUT2D eigenvalue weighted by atomic mass is 15.0. The molecule has 3 N–H and O–H groups in total. The minimum Gasteiger partial charge on any atom is -0.383 e. The van der Waals surface area contributed by atoms with Crippen molar-refractivity contribution in [1.82, 2.24) is 10.3 Å². The number of rotatable bonds is 2. The van der Waals surface area contributed by atoms with Crippen LogP contribution in [0, 0.1) is 13.8 Å². The molecule has 0 atom stereocenters. The highest BCUT2D eigenvalue weighted by Gasteiger charge is 2.11. The van der Waals surface area contributed by atoms with E-state index in [9.17, 15) is 0 Å². The molecule has 0 amide bonds. The summed E-state index contributed by atoms with van der Waals surface area (Å²) in [5.74, 6) is 0.643. The largest absolute Gasteiger partial charge is 0.383 e. The second-order valence-electron chi connectivity index (χ2n) is 5.05. The van der Waals surface area contributed by atoms with Crippen molar-refractivity contribution in [2.75, 3.05) is 5.73 Å². The van der Waals surface area contributed by atoms with E-state index in [-0.39, 0.29) is 5.54 Å². The van der Waals surface area contributed by atoms with E-state index >= 15 is 0 Å². The SMILES string of the molecule is Cc1cc(C)c(CNC(C)(C)C)c(N)n1. The van der Waals surface area contributed by atoms with Crippen molar-refractivity contribution >= 4 is 5.82 Å². The molecule has 0 aliphatic rings. The number of hydrogen-bond donors (Lipinski definition) is 2. The summed E-state index contributed by atoms with van der Waals surface area (Å²) in [6.45, 7) is 11.2.